The molecule has 0 fully saturated rings. The highest BCUT2D eigenvalue weighted by Gasteiger charge is 2.25. The van der Waals surface area contributed by atoms with Crippen LogP contribution in [-0.2, 0) is 10.8 Å². The van der Waals surface area contributed by atoms with Crippen LogP contribution in [0.5, 0.6) is 0 Å². The Morgan fingerprint density at radius 3 is 1.62 bits per heavy atom. The molecule has 4 heteroatoms. The van der Waals surface area contributed by atoms with E-state index >= 15 is 0 Å². The van der Waals surface area contributed by atoms with E-state index in [4.69, 9.17) is 28.9 Å². The number of hydrogen-bond acceptors (Lipinski definition) is 1. The van der Waals surface area contributed by atoms with Gasteiger partial charge in [-0.15, -0.1) is 0 Å². The summed E-state index contributed by atoms with van der Waals surface area (Å²) in [5, 5.41) is 4.79. The Labute approximate surface area is 136 Å². The molecule has 0 atom stereocenters. The van der Waals surface area contributed by atoms with Gasteiger partial charge in [0.15, 0.2) is 0 Å². The van der Waals surface area contributed by atoms with E-state index in [2.05, 4.69) is 22.6 Å². The number of amides is 1. The van der Waals surface area contributed by atoms with Gasteiger partial charge in [-0.25, -0.2) is 0 Å². The van der Waals surface area contributed by atoms with Gasteiger partial charge < -0.3 is 5.73 Å². The summed E-state index contributed by atoms with van der Waals surface area (Å²) >= 11 is 11.1. The molecule has 0 aliphatic rings. The molecule has 1 amide bonds. The third-order valence-electron chi connectivity index (χ3n) is 3.38. The van der Waals surface area contributed by atoms with E-state index in [0.717, 1.165) is 11.1 Å². The smallest absolute Gasteiger partial charge is 0.248 e. The Hall–Kier alpha value is -1.61. The number of primary amides is 1. The maximum absolute atomic E-state index is 11.6. The molecule has 21 heavy (non-hydrogen) atoms. The van der Waals surface area contributed by atoms with Gasteiger partial charge in [-0.1, -0.05) is 17.9 Å². The summed E-state index contributed by atoms with van der Waals surface area (Å²) in [5.41, 5.74) is 6.53. The molecule has 0 heterocycles. The number of nitrogens with two attached hydrogens (primary N) is 1. The summed E-state index contributed by atoms with van der Waals surface area (Å²) in [4.78, 5) is 11.6. The molecule has 1 aromatic rings. The van der Waals surface area contributed by atoms with Gasteiger partial charge in [-0.2, -0.15) is 0 Å². The molecular formula is C17H17Cl2NO. The fourth-order valence-electron chi connectivity index (χ4n) is 1.87. The van der Waals surface area contributed by atoms with Gasteiger partial charge in [0, 0.05) is 16.3 Å². The van der Waals surface area contributed by atoms with Gasteiger partial charge in [0.2, 0.25) is 5.91 Å². The van der Waals surface area contributed by atoms with Crippen molar-refractivity contribution in [2.24, 2.45) is 5.73 Å². The summed E-state index contributed by atoms with van der Waals surface area (Å²) in [6.45, 7) is 7.69. The second-order valence-electron chi connectivity index (χ2n) is 5.85. The number of benzene rings is 1. The molecule has 1 aromatic carbocycles. The van der Waals surface area contributed by atoms with Crippen LogP contribution in [0, 0.1) is 22.6 Å². The topological polar surface area (TPSA) is 43.1 Å². The molecule has 2 N–H and O–H groups in total. The zero-order chi connectivity index (χ0) is 16.3. The van der Waals surface area contributed by atoms with E-state index in [1.165, 1.54) is 0 Å². The predicted octanol–water partition coefficient (Wildman–Crippen LogP) is 3.74. The molecule has 0 saturated carbocycles. The zero-order valence-corrected chi connectivity index (χ0v) is 14.0. The van der Waals surface area contributed by atoms with Crippen LogP contribution in [0.3, 0.4) is 0 Å². The molecule has 0 radical (unpaired) electrons. The first-order valence-electron chi connectivity index (χ1n) is 6.35. The van der Waals surface area contributed by atoms with Crippen molar-refractivity contribution in [3.63, 3.8) is 0 Å². The van der Waals surface area contributed by atoms with E-state index < -0.39 is 16.7 Å². The minimum absolute atomic E-state index is 0.413. The summed E-state index contributed by atoms with van der Waals surface area (Å²) in [5.74, 6) is 5.33. The van der Waals surface area contributed by atoms with Crippen molar-refractivity contribution < 1.29 is 4.79 Å². The van der Waals surface area contributed by atoms with Crippen LogP contribution >= 0.6 is 23.2 Å². The predicted molar refractivity (Wildman–Crippen MR) is 88.3 cm³/mol. The Morgan fingerprint density at radius 1 is 0.952 bits per heavy atom. The van der Waals surface area contributed by atoms with Crippen LogP contribution in [0.25, 0.3) is 0 Å². The summed E-state index contributed by atoms with van der Waals surface area (Å²) < 4.78 is 0. The quantitative estimate of drug-likeness (QED) is 0.847. The van der Waals surface area contributed by atoms with Crippen molar-refractivity contribution in [1.29, 1.82) is 0 Å². The molecule has 0 saturated heterocycles. The third kappa shape index (κ3) is 4.18. The first-order chi connectivity index (χ1) is 9.64. The molecule has 0 bridgehead atoms. The monoisotopic (exact) mass is 321 g/mol. The van der Waals surface area contributed by atoms with Crippen LogP contribution < -0.4 is 5.73 Å². The zero-order valence-electron chi connectivity index (χ0n) is 12.5. The van der Waals surface area contributed by atoms with Gasteiger partial charge in [0.1, 0.15) is 0 Å². The largest absolute Gasteiger partial charge is 0.366 e. The lowest BCUT2D eigenvalue weighted by atomic mass is 9.78. The lowest BCUT2D eigenvalue weighted by Gasteiger charge is -2.24. The molecule has 1 rings (SSSR count). The van der Waals surface area contributed by atoms with Gasteiger partial charge in [0.25, 0.3) is 0 Å². The molecule has 0 spiro atoms. The van der Waals surface area contributed by atoms with Crippen LogP contribution in [0.4, 0.5) is 0 Å². The standard InChI is InChI=1S/C17H17Cl2NO/c1-16(2,5-7-18)13-9-12(15(20)21)10-14(11-13)17(3,4)6-8-19/h9-11H,1-4H3,(H2,20,21). The normalized spacial score (nSPS) is 11.0. The number of halogens is 2. The maximum Gasteiger partial charge on any atom is 0.248 e. The molecule has 0 aliphatic carbocycles. The minimum atomic E-state index is -0.508. The van der Waals surface area contributed by atoms with Crippen molar-refractivity contribution >= 4 is 29.1 Å². The SMILES string of the molecule is CC(C)(C#CCl)c1cc(C(N)=O)cc(C(C)(C)C#CCl)c1. The van der Waals surface area contributed by atoms with Crippen LogP contribution in [0.15, 0.2) is 18.2 Å². The second-order valence-corrected chi connectivity index (χ2v) is 6.23. The highest BCUT2D eigenvalue weighted by molar-refractivity contribution is 6.30. The number of hydrogen-bond donors (Lipinski definition) is 1. The van der Waals surface area contributed by atoms with Crippen LogP contribution in [-0.4, -0.2) is 5.91 Å². The van der Waals surface area contributed by atoms with Gasteiger partial charge in [-0.3, -0.25) is 4.79 Å². The molecule has 110 valence electrons. The third-order valence-corrected chi connectivity index (χ3v) is 3.57. The highest BCUT2D eigenvalue weighted by Crippen LogP contribution is 2.30. The minimum Gasteiger partial charge on any atom is -0.366 e. The van der Waals surface area contributed by atoms with Crippen molar-refractivity contribution in [3.05, 3.63) is 34.9 Å². The number of carbonyl (C=O) groups excluding carboxylic acids is 1. The van der Waals surface area contributed by atoms with E-state index in [1.807, 2.05) is 33.8 Å². The average molecular weight is 322 g/mol. The van der Waals surface area contributed by atoms with E-state index in [9.17, 15) is 4.79 Å². The van der Waals surface area contributed by atoms with Crippen molar-refractivity contribution in [1.82, 2.24) is 0 Å². The maximum atomic E-state index is 11.6. The molecule has 2 nitrogen and oxygen atoms in total. The Kier molecular flexibility index (Phi) is 5.35. The van der Waals surface area contributed by atoms with Gasteiger partial charge in [-0.05, 0) is 74.2 Å². The fourth-order valence-corrected chi connectivity index (χ4v) is 2.34. The van der Waals surface area contributed by atoms with Crippen molar-refractivity contribution in [2.45, 2.75) is 38.5 Å². The van der Waals surface area contributed by atoms with E-state index in [0.29, 0.717) is 5.56 Å². The van der Waals surface area contributed by atoms with E-state index in [1.54, 1.807) is 12.1 Å². The van der Waals surface area contributed by atoms with Gasteiger partial charge >= 0.3 is 0 Å². The van der Waals surface area contributed by atoms with E-state index in [-0.39, 0.29) is 0 Å². The average Bonchev–Trinajstić information content (AvgIpc) is 2.38. The number of carbonyl (C=O) groups is 1. The van der Waals surface area contributed by atoms with Crippen molar-refractivity contribution in [3.8, 4) is 22.6 Å². The number of rotatable bonds is 3. The first-order valence-corrected chi connectivity index (χ1v) is 7.11. The molecule has 0 aliphatic heterocycles. The summed E-state index contributed by atoms with van der Waals surface area (Å²) in [7, 11) is 0. The molecule has 0 aromatic heterocycles. The molecular weight excluding hydrogens is 305 g/mol. The summed E-state index contributed by atoms with van der Waals surface area (Å²) in [6.07, 6.45) is 0. The lowest BCUT2D eigenvalue weighted by molar-refractivity contribution is 0.1000. The van der Waals surface area contributed by atoms with Crippen LogP contribution in [0.2, 0.25) is 0 Å². The first kappa shape index (κ1) is 17.4. The Balaban J connectivity index is 3.60. The highest BCUT2D eigenvalue weighted by atomic mass is 35.5. The Bertz CT molecular complexity index is 632. The summed E-state index contributed by atoms with van der Waals surface area (Å²) in [6, 6.07) is 5.42. The van der Waals surface area contributed by atoms with Gasteiger partial charge in [0.05, 0.1) is 10.8 Å². The second kappa shape index (κ2) is 6.44. The fraction of sp³-hybridized carbons (Fsp3) is 0.353. The Morgan fingerprint density at radius 2 is 1.33 bits per heavy atom. The molecule has 0 unspecified atom stereocenters. The lowest BCUT2D eigenvalue weighted by Crippen LogP contribution is -2.22. The van der Waals surface area contributed by atoms with Crippen molar-refractivity contribution in [2.75, 3.05) is 0 Å². The van der Waals surface area contributed by atoms with Crippen LogP contribution in [0.1, 0.15) is 49.2 Å².